The van der Waals surface area contributed by atoms with Gasteiger partial charge in [-0.3, -0.25) is 0 Å². The van der Waals surface area contributed by atoms with Crippen LogP contribution in [0.2, 0.25) is 0 Å². The second-order valence-corrected chi connectivity index (χ2v) is 6.97. The second kappa shape index (κ2) is 8.39. The molecule has 0 heterocycles. The number of amidine groups is 1. The molecule has 0 spiro atoms. The first-order chi connectivity index (χ1) is 9.86. The molecule has 1 aromatic carbocycles. The zero-order valence-electron chi connectivity index (χ0n) is 13.1. The van der Waals surface area contributed by atoms with Gasteiger partial charge in [0.2, 0.25) is 0 Å². The Morgan fingerprint density at radius 2 is 1.95 bits per heavy atom. The van der Waals surface area contributed by atoms with Gasteiger partial charge in [-0.2, -0.15) is 0 Å². The van der Waals surface area contributed by atoms with Gasteiger partial charge in [0.25, 0.3) is 0 Å². The zero-order chi connectivity index (χ0) is 15.9. The Bertz CT molecular complexity index is 457. The molecule has 21 heavy (non-hydrogen) atoms. The largest absolute Gasteiger partial charge is 0.409 e. The molecule has 0 aliphatic carbocycles. The van der Waals surface area contributed by atoms with Gasteiger partial charge in [-0.1, -0.05) is 53.5 Å². The molecular formula is C16H26BrN3O. The molecule has 0 fully saturated rings. The van der Waals surface area contributed by atoms with Crippen molar-refractivity contribution < 1.29 is 5.21 Å². The number of benzene rings is 1. The van der Waals surface area contributed by atoms with E-state index in [0.717, 1.165) is 30.3 Å². The van der Waals surface area contributed by atoms with Gasteiger partial charge in [0.15, 0.2) is 0 Å². The molecule has 0 bridgehead atoms. The number of unbranched alkanes of at least 4 members (excludes halogenated alkanes) is 1. The van der Waals surface area contributed by atoms with Gasteiger partial charge in [0.05, 0.1) is 0 Å². The predicted molar refractivity (Wildman–Crippen MR) is 91.6 cm³/mol. The highest BCUT2D eigenvalue weighted by atomic mass is 79.9. The Hall–Kier alpha value is -1.07. The third-order valence-corrected chi connectivity index (χ3v) is 4.38. The van der Waals surface area contributed by atoms with E-state index in [0.29, 0.717) is 11.9 Å². The Morgan fingerprint density at radius 1 is 1.33 bits per heavy atom. The predicted octanol–water partition coefficient (Wildman–Crippen LogP) is 4.04. The minimum atomic E-state index is -0.244. The van der Waals surface area contributed by atoms with Crippen molar-refractivity contribution in [2.24, 2.45) is 16.3 Å². The number of nitrogens with zero attached hydrogens (tertiary/aromatic N) is 1. The standard InChI is InChI=1S/C16H26BrN3O/c1-12(13-6-8-14(17)9-7-13)19-11-5-4-10-16(2,3)15(18)20-21/h6-9,12,19,21H,4-5,10-11H2,1-3H3,(H2,18,20)/t12-/m1/s1. The molecule has 118 valence electrons. The fraction of sp³-hybridized carbons (Fsp3) is 0.562. The SMILES string of the molecule is C[C@@H](NCCCCC(C)(C)/C(N)=N/O)c1ccc(Br)cc1. The first-order valence-electron chi connectivity index (χ1n) is 7.33. The van der Waals surface area contributed by atoms with Crippen LogP contribution in [0.25, 0.3) is 0 Å². The highest BCUT2D eigenvalue weighted by molar-refractivity contribution is 9.10. The fourth-order valence-electron chi connectivity index (χ4n) is 2.14. The Labute approximate surface area is 135 Å². The lowest BCUT2D eigenvalue weighted by Crippen LogP contribution is -2.32. The van der Waals surface area contributed by atoms with Crippen molar-refractivity contribution in [3.63, 3.8) is 0 Å². The summed E-state index contributed by atoms with van der Waals surface area (Å²) < 4.78 is 1.10. The van der Waals surface area contributed by atoms with E-state index in [1.165, 1.54) is 5.56 Å². The average Bonchev–Trinajstić information content (AvgIpc) is 2.46. The lowest BCUT2D eigenvalue weighted by atomic mass is 9.86. The summed E-state index contributed by atoms with van der Waals surface area (Å²) in [6.45, 7) is 7.13. The van der Waals surface area contributed by atoms with Crippen molar-refractivity contribution in [3.8, 4) is 0 Å². The van der Waals surface area contributed by atoms with Crippen LogP contribution in [0.1, 0.15) is 51.6 Å². The molecule has 0 unspecified atom stereocenters. The Kier molecular flexibility index (Phi) is 7.18. The molecule has 4 N–H and O–H groups in total. The van der Waals surface area contributed by atoms with E-state index >= 15 is 0 Å². The van der Waals surface area contributed by atoms with Crippen molar-refractivity contribution in [1.29, 1.82) is 0 Å². The van der Waals surface area contributed by atoms with E-state index in [2.05, 4.69) is 57.6 Å². The van der Waals surface area contributed by atoms with Gasteiger partial charge in [-0.25, -0.2) is 0 Å². The lowest BCUT2D eigenvalue weighted by Gasteiger charge is -2.22. The number of hydrogen-bond donors (Lipinski definition) is 3. The van der Waals surface area contributed by atoms with Crippen molar-refractivity contribution in [2.75, 3.05) is 6.54 Å². The smallest absolute Gasteiger partial charge is 0.144 e. The van der Waals surface area contributed by atoms with Crippen molar-refractivity contribution in [1.82, 2.24) is 5.32 Å². The van der Waals surface area contributed by atoms with Crippen LogP contribution < -0.4 is 11.1 Å². The van der Waals surface area contributed by atoms with Crippen LogP contribution in [-0.4, -0.2) is 17.6 Å². The van der Waals surface area contributed by atoms with Gasteiger partial charge in [0.1, 0.15) is 5.84 Å². The maximum Gasteiger partial charge on any atom is 0.144 e. The maximum atomic E-state index is 8.74. The molecule has 0 aliphatic heterocycles. The van der Waals surface area contributed by atoms with Crippen LogP contribution in [0.3, 0.4) is 0 Å². The molecule has 0 radical (unpaired) electrons. The van der Waals surface area contributed by atoms with Gasteiger partial charge in [-0.05, 0) is 44.0 Å². The average molecular weight is 356 g/mol. The quantitative estimate of drug-likeness (QED) is 0.216. The molecule has 0 saturated heterocycles. The first-order valence-corrected chi connectivity index (χ1v) is 8.13. The van der Waals surface area contributed by atoms with Gasteiger partial charge < -0.3 is 16.3 Å². The highest BCUT2D eigenvalue weighted by Gasteiger charge is 2.22. The monoisotopic (exact) mass is 355 g/mol. The van der Waals surface area contributed by atoms with Gasteiger partial charge in [-0.15, -0.1) is 0 Å². The molecule has 0 amide bonds. The summed E-state index contributed by atoms with van der Waals surface area (Å²) in [4.78, 5) is 0. The van der Waals surface area contributed by atoms with Crippen LogP contribution in [0.15, 0.2) is 33.9 Å². The molecule has 0 aromatic heterocycles. The van der Waals surface area contributed by atoms with Gasteiger partial charge in [0, 0.05) is 15.9 Å². The summed E-state index contributed by atoms with van der Waals surface area (Å²) in [6, 6.07) is 8.72. The second-order valence-electron chi connectivity index (χ2n) is 6.05. The Balaban J connectivity index is 2.27. The molecule has 0 aliphatic rings. The lowest BCUT2D eigenvalue weighted by molar-refractivity contribution is 0.304. The van der Waals surface area contributed by atoms with E-state index in [4.69, 9.17) is 10.9 Å². The third-order valence-electron chi connectivity index (χ3n) is 3.85. The van der Waals surface area contributed by atoms with Crippen LogP contribution in [0, 0.1) is 5.41 Å². The topological polar surface area (TPSA) is 70.6 Å². The number of rotatable bonds is 8. The number of hydrogen-bond acceptors (Lipinski definition) is 3. The number of halogens is 1. The molecule has 5 heteroatoms. The first kappa shape index (κ1) is 18.0. The minimum Gasteiger partial charge on any atom is -0.409 e. The normalized spacial score (nSPS) is 14.2. The van der Waals surface area contributed by atoms with E-state index < -0.39 is 0 Å². The van der Waals surface area contributed by atoms with E-state index in [9.17, 15) is 0 Å². The summed E-state index contributed by atoms with van der Waals surface area (Å²) in [7, 11) is 0. The van der Waals surface area contributed by atoms with E-state index in [1.54, 1.807) is 0 Å². The van der Waals surface area contributed by atoms with Crippen molar-refractivity contribution >= 4 is 21.8 Å². The molecular weight excluding hydrogens is 330 g/mol. The Morgan fingerprint density at radius 3 is 2.52 bits per heavy atom. The maximum absolute atomic E-state index is 8.74. The van der Waals surface area contributed by atoms with Crippen LogP contribution >= 0.6 is 15.9 Å². The van der Waals surface area contributed by atoms with E-state index in [1.807, 2.05) is 13.8 Å². The van der Waals surface area contributed by atoms with Crippen LogP contribution in [-0.2, 0) is 0 Å². The summed E-state index contributed by atoms with van der Waals surface area (Å²) in [5, 5.41) is 15.4. The summed E-state index contributed by atoms with van der Waals surface area (Å²) in [5.74, 6) is 0.304. The van der Waals surface area contributed by atoms with E-state index in [-0.39, 0.29) is 5.41 Å². The molecule has 4 nitrogen and oxygen atoms in total. The summed E-state index contributed by atoms with van der Waals surface area (Å²) >= 11 is 3.45. The van der Waals surface area contributed by atoms with Crippen molar-refractivity contribution in [3.05, 3.63) is 34.3 Å². The fourth-order valence-corrected chi connectivity index (χ4v) is 2.41. The molecule has 1 aromatic rings. The number of nitrogens with one attached hydrogen (secondary N) is 1. The van der Waals surface area contributed by atoms with Crippen molar-refractivity contribution in [2.45, 2.75) is 46.1 Å². The van der Waals surface area contributed by atoms with Crippen LogP contribution in [0.4, 0.5) is 0 Å². The number of oxime groups is 1. The molecule has 1 rings (SSSR count). The number of nitrogens with two attached hydrogens (primary N) is 1. The third kappa shape index (κ3) is 6.06. The van der Waals surface area contributed by atoms with Crippen LogP contribution in [0.5, 0.6) is 0 Å². The minimum absolute atomic E-state index is 0.244. The summed E-state index contributed by atoms with van der Waals surface area (Å²) in [5.41, 5.74) is 6.73. The molecule has 1 atom stereocenters. The zero-order valence-corrected chi connectivity index (χ0v) is 14.7. The summed E-state index contributed by atoms with van der Waals surface area (Å²) in [6.07, 6.45) is 3.03. The van der Waals surface area contributed by atoms with Gasteiger partial charge >= 0.3 is 0 Å². The highest BCUT2D eigenvalue weighted by Crippen LogP contribution is 2.23. The molecule has 0 saturated carbocycles.